The largest absolute Gasteiger partial charge is 0.384 e. The van der Waals surface area contributed by atoms with E-state index in [-0.39, 0.29) is 0 Å². The molecule has 0 atom stereocenters. The molecule has 0 fully saturated rings. The molecular weight excluding hydrogens is 228 g/mol. The molecule has 0 aliphatic rings. The number of anilines is 1. The maximum Gasteiger partial charge on any atom is 0.123 e. The highest BCUT2D eigenvalue weighted by Gasteiger charge is 1.97. The van der Waals surface area contributed by atoms with Crippen molar-refractivity contribution in [2.75, 3.05) is 5.73 Å². The predicted molar refractivity (Wildman–Crippen MR) is 74.0 cm³/mol. The molecule has 0 amide bonds. The Morgan fingerprint density at radius 3 is 2.35 bits per heavy atom. The molecular formula is C14H16N2S. The van der Waals surface area contributed by atoms with Crippen LogP contribution in [0.2, 0.25) is 0 Å². The van der Waals surface area contributed by atoms with E-state index in [1.807, 2.05) is 18.3 Å². The van der Waals surface area contributed by atoms with Gasteiger partial charge < -0.3 is 5.73 Å². The van der Waals surface area contributed by atoms with Crippen molar-refractivity contribution in [1.82, 2.24) is 4.98 Å². The second-order valence-electron chi connectivity index (χ2n) is 3.88. The van der Waals surface area contributed by atoms with Crippen LogP contribution in [0.15, 0.2) is 47.5 Å². The molecule has 0 bridgehead atoms. The van der Waals surface area contributed by atoms with Crippen molar-refractivity contribution in [2.24, 2.45) is 0 Å². The van der Waals surface area contributed by atoms with Gasteiger partial charge in [0.25, 0.3) is 0 Å². The van der Waals surface area contributed by atoms with Gasteiger partial charge >= 0.3 is 0 Å². The number of hydrogen-bond donors (Lipinski definition) is 1. The number of nitrogens with zero attached hydrogens (tertiary/aromatic N) is 1. The lowest BCUT2D eigenvalue weighted by Gasteiger charge is -2.03. The molecule has 1 heterocycles. The van der Waals surface area contributed by atoms with Gasteiger partial charge in [0.15, 0.2) is 0 Å². The molecule has 17 heavy (non-hydrogen) atoms. The van der Waals surface area contributed by atoms with Gasteiger partial charge in [0.05, 0.1) is 0 Å². The van der Waals surface area contributed by atoms with Crippen LogP contribution >= 0.6 is 11.8 Å². The summed E-state index contributed by atoms with van der Waals surface area (Å²) in [5.41, 5.74) is 8.26. The molecule has 0 saturated carbocycles. The average molecular weight is 244 g/mol. The Hall–Kier alpha value is -1.48. The molecule has 0 unspecified atom stereocenters. The van der Waals surface area contributed by atoms with Crippen LogP contribution in [0.4, 0.5) is 5.82 Å². The number of aryl methyl sites for hydroxylation is 1. The molecule has 0 aliphatic heterocycles. The van der Waals surface area contributed by atoms with Crippen molar-refractivity contribution in [2.45, 2.75) is 24.0 Å². The smallest absolute Gasteiger partial charge is 0.123 e. The fraction of sp³-hybridized carbons (Fsp3) is 0.214. The first-order valence-electron chi connectivity index (χ1n) is 5.70. The van der Waals surface area contributed by atoms with Gasteiger partial charge in [-0.05, 0) is 29.7 Å². The van der Waals surface area contributed by atoms with E-state index in [1.165, 1.54) is 11.1 Å². The minimum atomic E-state index is 0.571. The van der Waals surface area contributed by atoms with E-state index in [4.69, 9.17) is 5.73 Å². The molecule has 1 aromatic heterocycles. The molecule has 2 nitrogen and oxygen atoms in total. The highest BCUT2D eigenvalue weighted by molar-refractivity contribution is 7.98. The zero-order chi connectivity index (χ0) is 12.1. The number of hydrogen-bond acceptors (Lipinski definition) is 3. The molecule has 0 radical (unpaired) electrons. The third-order valence-electron chi connectivity index (χ3n) is 2.60. The minimum Gasteiger partial charge on any atom is -0.384 e. The van der Waals surface area contributed by atoms with Gasteiger partial charge in [-0.2, -0.15) is 0 Å². The third-order valence-corrected chi connectivity index (χ3v) is 3.65. The van der Waals surface area contributed by atoms with Gasteiger partial charge in [-0.1, -0.05) is 31.2 Å². The van der Waals surface area contributed by atoms with E-state index in [0.29, 0.717) is 5.82 Å². The van der Waals surface area contributed by atoms with Crippen molar-refractivity contribution in [3.63, 3.8) is 0 Å². The quantitative estimate of drug-likeness (QED) is 0.836. The van der Waals surface area contributed by atoms with Crippen LogP contribution in [0, 0.1) is 0 Å². The number of nitrogens with two attached hydrogens (primary N) is 1. The second kappa shape index (κ2) is 5.73. The number of thioether (sulfide) groups is 1. The number of nitrogen functional groups attached to an aromatic ring is 1. The first-order valence-corrected chi connectivity index (χ1v) is 6.68. The van der Waals surface area contributed by atoms with Crippen LogP contribution in [-0.2, 0) is 12.2 Å². The Balaban J connectivity index is 1.95. The Bertz CT molecular complexity index is 463. The van der Waals surface area contributed by atoms with Crippen molar-refractivity contribution in [3.05, 3.63) is 53.7 Å². The van der Waals surface area contributed by atoms with E-state index in [1.54, 1.807) is 11.8 Å². The van der Waals surface area contributed by atoms with Gasteiger partial charge in [-0.25, -0.2) is 4.98 Å². The highest BCUT2D eigenvalue weighted by atomic mass is 32.2. The summed E-state index contributed by atoms with van der Waals surface area (Å²) >= 11 is 1.78. The van der Waals surface area contributed by atoms with Crippen LogP contribution in [0.1, 0.15) is 18.1 Å². The molecule has 88 valence electrons. The monoisotopic (exact) mass is 244 g/mol. The number of aromatic nitrogens is 1. The zero-order valence-electron chi connectivity index (χ0n) is 9.89. The SMILES string of the molecule is CCc1ccc(CSc2ccc(N)nc2)cc1. The molecule has 0 spiro atoms. The molecule has 1 aromatic carbocycles. The van der Waals surface area contributed by atoms with Crippen LogP contribution in [-0.4, -0.2) is 4.98 Å². The molecule has 3 heteroatoms. The van der Waals surface area contributed by atoms with E-state index < -0.39 is 0 Å². The lowest BCUT2D eigenvalue weighted by molar-refractivity contribution is 1.13. The van der Waals surface area contributed by atoms with Crippen LogP contribution in [0.5, 0.6) is 0 Å². The lowest BCUT2D eigenvalue weighted by atomic mass is 10.1. The van der Waals surface area contributed by atoms with Gasteiger partial charge in [-0.15, -0.1) is 11.8 Å². The van der Waals surface area contributed by atoms with Gasteiger partial charge in [0.2, 0.25) is 0 Å². The second-order valence-corrected chi connectivity index (χ2v) is 4.93. The third kappa shape index (κ3) is 3.49. The molecule has 2 rings (SSSR count). The summed E-state index contributed by atoms with van der Waals surface area (Å²) in [6.07, 6.45) is 2.91. The normalized spacial score (nSPS) is 10.4. The number of pyridine rings is 1. The average Bonchev–Trinajstić information content (AvgIpc) is 2.39. The van der Waals surface area contributed by atoms with Gasteiger partial charge in [0.1, 0.15) is 5.82 Å². The Morgan fingerprint density at radius 1 is 1.06 bits per heavy atom. The summed E-state index contributed by atoms with van der Waals surface area (Å²) in [5.74, 6) is 1.54. The summed E-state index contributed by atoms with van der Waals surface area (Å²) in [5, 5.41) is 0. The zero-order valence-corrected chi connectivity index (χ0v) is 10.7. The van der Waals surface area contributed by atoms with Gasteiger partial charge in [0, 0.05) is 16.8 Å². The van der Waals surface area contributed by atoms with Gasteiger partial charge in [-0.3, -0.25) is 0 Å². The Kier molecular flexibility index (Phi) is 4.04. The van der Waals surface area contributed by atoms with Crippen LogP contribution < -0.4 is 5.73 Å². The van der Waals surface area contributed by atoms with Crippen molar-refractivity contribution in [1.29, 1.82) is 0 Å². The van der Waals surface area contributed by atoms with Crippen molar-refractivity contribution >= 4 is 17.6 Å². The van der Waals surface area contributed by atoms with E-state index in [0.717, 1.165) is 17.1 Å². The van der Waals surface area contributed by atoms with Crippen molar-refractivity contribution in [3.8, 4) is 0 Å². The summed E-state index contributed by atoms with van der Waals surface area (Å²) < 4.78 is 0. The summed E-state index contributed by atoms with van der Waals surface area (Å²) in [6, 6.07) is 12.6. The minimum absolute atomic E-state index is 0.571. The Morgan fingerprint density at radius 2 is 1.76 bits per heavy atom. The highest BCUT2D eigenvalue weighted by Crippen LogP contribution is 2.22. The summed E-state index contributed by atoms with van der Waals surface area (Å²) in [6.45, 7) is 2.17. The molecule has 2 N–H and O–H groups in total. The first kappa shape index (κ1) is 12.0. The molecule has 2 aromatic rings. The lowest BCUT2D eigenvalue weighted by Crippen LogP contribution is -1.88. The number of rotatable bonds is 4. The number of benzene rings is 1. The summed E-state index contributed by atoms with van der Waals surface area (Å²) in [7, 11) is 0. The molecule has 0 saturated heterocycles. The summed E-state index contributed by atoms with van der Waals surface area (Å²) in [4.78, 5) is 5.23. The van der Waals surface area contributed by atoms with Crippen molar-refractivity contribution < 1.29 is 0 Å². The van der Waals surface area contributed by atoms with E-state index in [9.17, 15) is 0 Å². The van der Waals surface area contributed by atoms with E-state index >= 15 is 0 Å². The van der Waals surface area contributed by atoms with Crippen LogP contribution in [0.25, 0.3) is 0 Å². The standard InChI is InChI=1S/C14H16N2S/c1-2-11-3-5-12(6-4-11)10-17-13-7-8-14(15)16-9-13/h3-9H,2,10H2,1H3,(H2,15,16). The fourth-order valence-electron chi connectivity index (χ4n) is 1.51. The Labute approximate surface area is 106 Å². The first-order chi connectivity index (χ1) is 8.28. The maximum absolute atomic E-state index is 5.55. The fourth-order valence-corrected chi connectivity index (χ4v) is 2.33. The van der Waals surface area contributed by atoms with E-state index in [2.05, 4.69) is 36.2 Å². The van der Waals surface area contributed by atoms with Crippen LogP contribution in [0.3, 0.4) is 0 Å². The molecule has 0 aliphatic carbocycles. The predicted octanol–water partition coefficient (Wildman–Crippen LogP) is 3.52. The maximum atomic E-state index is 5.55. The topological polar surface area (TPSA) is 38.9 Å².